The summed E-state index contributed by atoms with van der Waals surface area (Å²) >= 11 is 0. The van der Waals surface area contributed by atoms with Crippen LogP contribution in [0.1, 0.15) is 22.9 Å². The first-order valence-corrected chi connectivity index (χ1v) is 7.10. The molecule has 2 aromatic heterocycles. The lowest BCUT2D eigenvalue weighted by Gasteiger charge is -2.13. The standard InChI is InChI=1S/C17H19N3O/c1-13-5-7-14(8-6-13)16(21)12-18-11-15-3-2-4-17-19-9-10-20(15)17/h2-10,16,18,21H,11-12H2,1H3/t16-/m0/s1. The van der Waals surface area contributed by atoms with Gasteiger partial charge >= 0.3 is 0 Å². The molecule has 0 aliphatic heterocycles. The van der Waals surface area contributed by atoms with Gasteiger partial charge in [-0.3, -0.25) is 0 Å². The first-order chi connectivity index (χ1) is 10.2. The summed E-state index contributed by atoms with van der Waals surface area (Å²) in [5.41, 5.74) is 4.20. The van der Waals surface area contributed by atoms with E-state index in [4.69, 9.17) is 0 Å². The van der Waals surface area contributed by atoms with E-state index >= 15 is 0 Å². The lowest BCUT2D eigenvalue weighted by Crippen LogP contribution is -2.22. The van der Waals surface area contributed by atoms with Crippen molar-refractivity contribution in [2.75, 3.05) is 6.54 Å². The van der Waals surface area contributed by atoms with Gasteiger partial charge in [0.25, 0.3) is 0 Å². The van der Waals surface area contributed by atoms with Crippen molar-refractivity contribution in [2.24, 2.45) is 0 Å². The first-order valence-electron chi connectivity index (χ1n) is 7.10. The minimum absolute atomic E-state index is 0.493. The summed E-state index contributed by atoms with van der Waals surface area (Å²) < 4.78 is 2.05. The van der Waals surface area contributed by atoms with Crippen LogP contribution in [0.25, 0.3) is 5.65 Å². The predicted molar refractivity (Wildman–Crippen MR) is 83.0 cm³/mol. The van der Waals surface area contributed by atoms with Crippen molar-refractivity contribution < 1.29 is 5.11 Å². The molecule has 0 bridgehead atoms. The molecule has 2 heterocycles. The highest BCUT2D eigenvalue weighted by molar-refractivity contribution is 5.39. The maximum Gasteiger partial charge on any atom is 0.136 e. The summed E-state index contributed by atoms with van der Waals surface area (Å²) in [5, 5.41) is 13.5. The van der Waals surface area contributed by atoms with E-state index in [0.717, 1.165) is 16.9 Å². The first kappa shape index (κ1) is 13.8. The summed E-state index contributed by atoms with van der Waals surface area (Å²) in [6, 6.07) is 14.0. The van der Waals surface area contributed by atoms with Crippen LogP contribution in [0.2, 0.25) is 0 Å². The Labute approximate surface area is 124 Å². The SMILES string of the molecule is Cc1ccc([C@@H](O)CNCc2cccc3nccn23)cc1. The molecule has 0 spiro atoms. The molecule has 4 nitrogen and oxygen atoms in total. The largest absolute Gasteiger partial charge is 0.387 e. The van der Waals surface area contributed by atoms with E-state index in [2.05, 4.69) is 16.4 Å². The number of benzene rings is 1. The Morgan fingerprint density at radius 3 is 2.81 bits per heavy atom. The Morgan fingerprint density at radius 2 is 2.00 bits per heavy atom. The van der Waals surface area contributed by atoms with Crippen LogP contribution in [0.4, 0.5) is 0 Å². The third kappa shape index (κ3) is 3.12. The van der Waals surface area contributed by atoms with Crippen LogP contribution >= 0.6 is 0 Å². The van der Waals surface area contributed by atoms with Crippen LogP contribution in [-0.2, 0) is 6.54 Å². The minimum Gasteiger partial charge on any atom is -0.387 e. The molecular weight excluding hydrogens is 262 g/mol. The normalized spacial score (nSPS) is 12.7. The molecule has 3 rings (SSSR count). The van der Waals surface area contributed by atoms with Crippen molar-refractivity contribution in [3.63, 3.8) is 0 Å². The zero-order valence-corrected chi connectivity index (χ0v) is 12.0. The van der Waals surface area contributed by atoms with E-state index in [1.165, 1.54) is 5.56 Å². The predicted octanol–water partition coefficient (Wildman–Crippen LogP) is 2.47. The monoisotopic (exact) mass is 281 g/mol. The van der Waals surface area contributed by atoms with Crippen molar-refractivity contribution in [1.82, 2.24) is 14.7 Å². The maximum absolute atomic E-state index is 10.2. The minimum atomic E-state index is -0.493. The molecule has 4 heteroatoms. The summed E-state index contributed by atoms with van der Waals surface area (Å²) in [5.74, 6) is 0. The van der Waals surface area contributed by atoms with Crippen molar-refractivity contribution in [3.8, 4) is 0 Å². The highest BCUT2D eigenvalue weighted by Crippen LogP contribution is 2.13. The van der Waals surface area contributed by atoms with Crippen LogP contribution < -0.4 is 5.32 Å². The molecule has 0 saturated carbocycles. The van der Waals surface area contributed by atoms with E-state index in [1.54, 1.807) is 6.20 Å². The number of nitrogens with zero attached hydrogens (tertiary/aromatic N) is 2. The average Bonchev–Trinajstić information content (AvgIpc) is 2.97. The molecule has 2 N–H and O–H groups in total. The molecule has 21 heavy (non-hydrogen) atoms. The second-order valence-corrected chi connectivity index (χ2v) is 5.23. The van der Waals surface area contributed by atoms with Crippen LogP contribution in [0.3, 0.4) is 0 Å². The zero-order chi connectivity index (χ0) is 14.7. The molecule has 0 radical (unpaired) electrons. The van der Waals surface area contributed by atoms with Gasteiger partial charge in [-0.2, -0.15) is 0 Å². The molecular formula is C17H19N3O. The van der Waals surface area contributed by atoms with Crippen LogP contribution in [0, 0.1) is 6.92 Å². The average molecular weight is 281 g/mol. The molecule has 1 aromatic carbocycles. The van der Waals surface area contributed by atoms with Crippen LogP contribution in [0.5, 0.6) is 0 Å². The second kappa shape index (κ2) is 6.08. The van der Waals surface area contributed by atoms with E-state index in [9.17, 15) is 5.11 Å². The number of nitrogens with one attached hydrogen (secondary N) is 1. The van der Waals surface area contributed by atoms with Crippen molar-refractivity contribution >= 4 is 5.65 Å². The number of aliphatic hydroxyl groups excluding tert-OH is 1. The fraction of sp³-hybridized carbons (Fsp3) is 0.235. The van der Waals surface area contributed by atoms with E-state index in [-0.39, 0.29) is 0 Å². The van der Waals surface area contributed by atoms with E-state index in [0.29, 0.717) is 13.1 Å². The molecule has 0 fully saturated rings. The van der Waals surface area contributed by atoms with Gasteiger partial charge in [0.1, 0.15) is 5.65 Å². The number of hydrogen-bond acceptors (Lipinski definition) is 3. The molecule has 1 atom stereocenters. The number of imidazole rings is 1. The fourth-order valence-electron chi connectivity index (χ4n) is 2.39. The van der Waals surface area contributed by atoms with Gasteiger partial charge in [-0.05, 0) is 24.6 Å². The third-order valence-electron chi connectivity index (χ3n) is 3.62. The van der Waals surface area contributed by atoms with Crippen molar-refractivity contribution in [1.29, 1.82) is 0 Å². The highest BCUT2D eigenvalue weighted by Gasteiger charge is 2.07. The molecule has 3 aromatic rings. The summed E-state index contributed by atoms with van der Waals surface area (Å²) in [6.45, 7) is 3.25. The number of pyridine rings is 1. The quantitative estimate of drug-likeness (QED) is 0.755. The summed E-state index contributed by atoms with van der Waals surface area (Å²) in [4.78, 5) is 4.26. The maximum atomic E-state index is 10.2. The molecule has 0 aliphatic rings. The third-order valence-corrected chi connectivity index (χ3v) is 3.62. The second-order valence-electron chi connectivity index (χ2n) is 5.23. The lowest BCUT2D eigenvalue weighted by molar-refractivity contribution is 0.174. The molecule has 0 amide bonds. The van der Waals surface area contributed by atoms with Gasteiger partial charge in [-0.1, -0.05) is 35.9 Å². The van der Waals surface area contributed by atoms with Gasteiger partial charge in [0.2, 0.25) is 0 Å². The van der Waals surface area contributed by atoms with Gasteiger partial charge in [0.05, 0.1) is 6.10 Å². The van der Waals surface area contributed by atoms with Crippen molar-refractivity contribution in [3.05, 3.63) is 71.7 Å². The van der Waals surface area contributed by atoms with Gasteiger partial charge in [0, 0.05) is 31.2 Å². The van der Waals surface area contributed by atoms with E-state index in [1.807, 2.05) is 53.9 Å². The molecule has 0 unspecified atom stereocenters. The van der Waals surface area contributed by atoms with Gasteiger partial charge < -0.3 is 14.8 Å². The van der Waals surface area contributed by atoms with Crippen LogP contribution in [-0.4, -0.2) is 21.0 Å². The summed E-state index contributed by atoms with van der Waals surface area (Å²) in [6.07, 6.45) is 3.25. The Kier molecular flexibility index (Phi) is 3.99. The Morgan fingerprint density at radius 1 is 1.19 bits per heavy atom. The Hall–Kier alpha value is -2.17. The Bertz CT molecular complexity index is 718. The topological polar surface area (TPSA) is 49.6 Å². The van der Waals surface area contributed by atoms with Gasteiger partial charge in [-0.25, -0.2) is 4.98 Å². The van der Waals surface area contributed by atoms with Gasteiger partial charge in [0.15, 0.2) is 0 Å². The molecule has 0 saturated heterocycles. The number of fused-ring (bicyclic) bond motifs is 1. The lowest BCUT2D eigenvalue weighted by atomic mass is 10.1. The van der Waals surface area contributed by atoms with E-state index < -0.39 is 6.10 Å². The number of aromatic nitrogens is 2. The summed E-state index contributed by atoms with van der Waals surface area (Å²) in [7, 11) is 0. The Balaban J connectivity index is 1.61. The zero-order valence-electron chi connectivity index (χ0n) is 12.0. The van der Waals surface area contributed by atoms with Gasteiger partial charge in [-0.15, -0.1) is 0 Å². The number of hydrogen-bond donors (Lipinski definition) is 2. The van der Waals surface area contributed by atoms with Crippen LogP contribution in [0.15, 0.2) is 54.9 Å². The number of aryl methyl sites for hydroxylation is 1. The van der Waals surface area contributed by atoms with Crippen molar-refractivity contribution in [2.45, 2.75) is 19.6 Å². The molecule has 108 valence electrons. The highest BCUT2D eigenvalue weighted by atomic mass is 16.3. The molecule has 0 aliphatic carbocycles. The smallest absolute Gasteiger partial charge is 0.136 e. The number of rotatable bonds is 5. The fourth-order valence-corrected chi connectivity index (χ4v) is 2.39. The number of aliphatic hydroxyl groups is 1.